The summed E-state index contributed by atoms with van der Waals surface area (Å²) in [6, 6.07) is 8.49. The number of aliphatic hydroxyl groups is 1. The number of nitrogens with one attached hydrogen (secondary N) is 2. The number of rotatable bonds is 9. The van der Waals surface area contributed by atoms with Gasteiger partial charge in [0.1, 0.15) is 5.82 Å². The van der Waals surface area contributed by atoms with E-state index in [1.165, 1.54) is 32.1 Å². The minimum absolute atomic E-state index is 0.0261. The number of anilines is 1. The van der Waals surface area contributed by atoms with Gasteiger partial charge in [-0.05, 0) is 44.4 Å². The van der Waals surface area contributed by atoms with E-state index in [0.29, 0.717) is 24.0 Å². The summed E-state index contributed by atoms with van der Waals surface area (Å²) in [7, 11) is 0. The summed E-state index contributed by atoms with van der Waals surface area (Å²) in [5.74, 6) is 0.00863. The molecule has 0 radical (unpaired) electrons. The second-order valence-electron chi connectivity index (χ2n) is 8.28. The number of carbonyl (C=O) groups excluding carboxylic acids is 1. The van der Waals surface area contributed by atoms with Crippen molar-refractivity contribution in [1.82, 2.24) is 10.3 Å². The lowest BCUT2D eigenvalue weighted by atomic mass is 9.91. The van der Waals surface area contributed by atoms with Crippen LogP contribution in [0.25, 0.3) is 10.9 Å². The molecule has 6 nitrogen and oxygen atoms in total. The summed E-state index contributed by atoms with van der Waals surface area (Å²) in [4.78, 5) is 16.6. The minimum Gasteiger partial charge on any atom is -0.396 e. The zero-order valence-corrected chi connectivity index (χ0v) is 17.6. The van der Waals surface area contributed by atoms with Crippen molar-refractivity contribution in [3.8, 4) is 0 Å². The van der Waals surface area contributed by atoms with E-state index in [2.05, 4.69) is 22.5 Å². The fourth-order valence-corrected chi connectivity index (χ4v) is 4.34. The Morgan fingerprint density at radius 2 is 2.03 bits per heavy atom. The second-order valence-corrected chi connectivity index (χ2v) is 8.28. The largest absolute Gasteiger partial charge is 0.396 e. The number of aliphatic hydroxyl groups excluding tert-OH is 1. The van der Waals surface area contributed by atoms with Crippen molar-refractivity contribution in [3.05, 3.63) is 35.4 Å². The molecule has 29 heavy (non-hydrogen) atoms. The van der Waals surface area contributed by atoms with E-state index >= 15 is 0 Å². The number of nitrogens with two attached hydrogens (primary N) is 1. The van der Waals surface area contributed by atoms with Gasteiger partial charge < -0.3 is 21.5 Å². The SMILES string of the molecule is CCC(NC1CCCCC1)C(CO)CNc1nc2ccc(C)cc2cc1C(N)=O. The van der Waals surface area contributed by atoms with E-state index in [1.807, 2.05) is 25.1 Å². The maximum Gasteiger partial charge on any atom is 0.252 e. The van der Waals surface area contributed by atoms with Crippen molar-refractivity contribution in [2.75, 3.05) is 18.5 Å². The van der Waals surface area contributed by atoms with Crippen LogP contribution in [0.5, 0.6) is 0 Å². The number of aromatic nitrogens is 1. The van der Waals surface area contributed by atoms with Gasteiger partial charge in [-0.2, -0.15) is 0 Å². The topological polar surface area (TPSA) is 100 Å². The van der Waals surface area contributed by atoms with Gasteiger partial charge in [0.15, 0.2) is 0 Å². The Morgan fingerprint density at radius 3 is 2.69 bits per heavy atom. The van der Waals surface area contributed by atoms with Crippen LogP contribution in [0.2, 0.25) is 0 Å². The third-order valence-corrected chi connectivity index (χ3v) is 6.07. The minimum atomic E-state index is -0.503. The number of primary amides is 1. The van der Waals surface area contributed by atoms with Crippen LogP contribution in [0.4, 0.5) is 5.82 Å². The monoisotopic (exact) mass is 398 g/mol. The van der Waals surface area contributed by atoms with Gasteiger partial charge in [0.05, 0.1) is 11.1 Å². The molecule has 1 aromatic carbocycles. The van der Waals surface area contributed by atoms with E-state index in [9.17, 15) is 9.90 Å². The zero-order valence-electron chi connectivity index (χ0n) is 17.6. The number of hydrogen-bond donors (Lipinski definition) is 4. The van der Waals surface area contributed by atoms with Crippen molar-refractivity contribution < 1.29 is 9.90 Å². The Morgan fingerprint density at radius 1 is 1.28 bits per heavy atom. The summed E-state index contributed by atoms with van der Waals surface area (Å²) in [6.07, 6.45) is 7.23. The molecule has 2 unspecified atom stereocenters. The van der Waals surface area contributed by atoms with E-state index in [-0.39, 0.29) is 18.6 Å². The third-order valence-electron chi connectivity index (χ3n) is 6.07. The molecular weight excluding hydrogens is 364 g/mol. The second kappa shape index (κ2) is 10.0. The first kappa shape index (κ1) is 21.5. The van der Waals surface area contributed by atoms with Gasteiger partial charge in [-0.25, -0.2) is 4.98 Å². The first-order valence-corrected chi connectivity index (χ1v) is 10.8. The highest BCUT2D eigenvalue weighted by Crippen LogP contribution is 2.23. The van der Waals surface area contributed by atoms with Gasteiger partial charge in [-0.15, -0.1) is 0 Å². The molecule has 2 aromatic rings. The molecule has 0 aliphatic heterocycles. The molecular formula is C23H34N4O2. The average Bonchev–Trinajstić information content (AvgIpc) is 2.73. The Labute approximate surface area is 173 Å². The van der Waals surface area contributed by atoms with E-state index in [4.69, 9.17) is 5.73 Å². The van der Waals surface area contributed by atoms with Crippen LogP contribution in [0, 0.1) is 12.8 Å². The van der Waals surface area contributed by atoms with Gasteiger partial charge in [0.25, 0.3) is 5.91 Å². The molecule has 1 fully saturated rings. The number of amides is 1. The molecule has 1 aromatic heterocycles. The fraction of sp³-hybridized carbons (Fsp3) is 0.565. The van der Waals surface area contributed by atoms with Crippen LogP contribution in [-0.2, 0) is 0 Å². The van der Waals surface area contributed by atoms with Crippen molar-refractivity contribution in [2.24, 2.45) is 11.7 Å². The van der Waals surface area contributed by atoms with E-state index in [0.717, 1.165) is 22.9 Å². The van der Waals surface area contributed by atoms with Gasteiger partial charge in [-0.3, -0.25) is 4.79 Å². The number of benzene rings is 1. The number of fused-ring (bicyclic) bond motifs is 1. The molecule has 1 amide bonds. The van der Waals surface area contributed by atoms with Crippen LogP contribution in [0.3, 0.4) is 0 Å². The number of pyridine rings is 1. The quantitative estimate of drug-likeness (QED) is 0.519. The molecule has 1 saturated carbocycles. The summed E-state index contributed by atoms with van der Waals surface area (Å²) in [5, 5.41) is 18.0. The Balaban J connectivity index is 1.74. The number of nitrogens with zero attached hydrogens (tertiary/aromatic N) is 1. The molecule has 0 spiro atoms. The Hall–Kier alpha value is -2.18. The summed E-state index contributed by atoms with van der Waals surface area (Å²) >= 11 is 0. The first-order chi connectivity index (χ1) is 14.0. The molecule has 1 aliphatic rings. The smallest absolute Gasteiger partial charge is 0.252 e. The summed E-state index contributed by atoms with van der Waals surface area (Å²) in [5.41, 5.74) is 7.92. The highest BCUT2D eigenvalue weighted by atomic mass is 16.3. The van der Waals surface area contributed by atoms with Gasteiger partial charge in [0, 0.05) is 36.5 Å². The van der Waals surface area contributed by atoms with Crippen LogP contribution < -0.4 is 16.4 Å². The highest BCUT2D eigenvalue weighted by molar-refractivity contribution is 6.01. The molecule has 6 heteroatoms. The van der Waals surface area contributed by atoms with Crippen molar-refractivity contribution in [1.29, 1.82) is 0 Å². The number of hydrogen-bond acceptors (Lipinski definition) is 5. The van der Waals surface area contributed by atoms with Crippen molar-refractivity contribution in [3.63, 3.8) is 0 Å². The van der Waals surface area contributed by atoms with E-state index < -0.39 is 5.91 Å². The molecule has 2 atom stereocenters. The van der Waals surface area contributed by atoms with E-state index in [1.54, 1.807) is 6.07 Å². The molecule has 158 valence electrons. The maximum atomic E-state index is 12.0. The maximum absolute atomic E-state index is 12.0. The first-order valence-electron chi connectivity index (χ1n) is 10.8. The summed E-state index contributed by atoms with van der Waals surface area (Å²) in [6.45, 7) is 4.75. The van der Waals surface area contributed by atoms with Gasteiger partial charge >= 0.3 is 0 Å². The van der Waals surface area contributed by atoms with Gasteiger partial charge in [-0.1, -0.05) is 37.8 Å². The lowest BCUT2D eigenvalue weighted by Crippen LogP contribution is -2.46. The zero-order chi connectivity index (χ0) is 20.8. The normalized spacial score (nSPS) is 17.2. The lowest BCUT2D eigenvalue weighted by Gasteiger charge is -2.32. The van der Waals surface area contributed by atoms with Crippen LogP contribution in [-0.4, -0.2) is 41.2 Å². The van der Waals surface area contributed by atoms with Crippen molar-refractivity contribution in [2.45, 2.75) is 64.5 Å². The molecule has 0 bridgehead atoms. The standard InChI is InChI=1S/C23H34N4O2/c1-3-20(26-18-7-5-4-6-8-18)17(14-28)13-25-23-19(22(24)29)12-16-11-15(2)9-10-21(16)27-23/h9-12,17-18,20,26,28H,3-8,13-14H2,1-2H3,(H2,24,29)(H,25,27). The van der Waals surface area contributed by atoms with Crippen LogP contribution >= 0.6 is 0 Å². The highest BCUT2D eigenvalue weighted by Gasteiger charge is 2.24. The van der Waals surface area contributed by atoms with Crippen LogP contribution in [0.15, 0.2) is 24.3 Å². The van der Waals surface area contributed by atoms with Gasteiger partial charge in [0.2, 0.25) is 0 Å². The fourth-order valence-electron chi connectivity index (χ4n) is 4.34. The molecule has 1 heterocycles. The molecule has 1 aliphatic carbocycles. The number of aryl methyl sites for hydroxylation is 1. The molecule has 0 saturated heterocycles. The molecule has 5 N–H and O–H groups in total. The summed E-state index contributed by atoms with van der Waals surface area (Å²) < 4.78 is 0. The third kappa shape index (κ3) is 5.46. The average molecular weight is 399 g/mol. The predicted octanol–water partition coefficient (Wildman–Crippen LogP) is 3.36. The number of carbonyl (C=O) groups is 1. The Bertz CT molecular complexity index is 833. The Kier molecular flexibility index (Phi) is 7.45. The lowest BCUT2D eigenvalue weighted by molar-refractivity contribution is 0.100. The predicted molar refractivity (Wildman–Crippen MR) is 118 cm³/mol. The van der Waals surface area contributed by atoms with Crippen molar-refractivity contribution >= 4 is 22.6 Å². The molecule has 3 rings (SSSR count). The van der Waals surface area contributed by atoms with Crippen LogP contribution in [0.1, 0.15) is 61.4 Å².